The summed E-state index contributed by atoms with van der Waals surface area (Å²) in [5.74, 6) is 0.174. The number of rotatable bonds is 2. The van der Waals surface area contributed by atoms with Crippen molar-refractivity contribution in [3.05, 3.63) is 30.3 Å². The third kappa shape index (κ3) is 1.86. The largest absolute Gasteiger partial charge is 0.504 e. The van der Waals surface area contributed by atoms with Gasteiger partial charge in [0.15, 0.2) is 23.0 Å². The van der Waals surface area contributed by atoms with Gasteiger partial charge in [-0.25, -0.2) is 0 Å². The maximum absolute atomic E-state index is 10.00. The minimum atomic E-state index is -0.218. The Labute approximate surface area is 120 Å². The Morgan fingerprint density at radius 3 is 1.95 bits per heavy atom. The summed E-state index contributed by atoms with van der Waals surface area (Å²) < 4.78 is 10.6. The van der Waals surface area contributed by atoms with Crippen LogP contribution in [0, 0.1) is 0 Å². The van der Waals surface area contributed by atoms with Gasteiger partial charge < -0.3 is 24.8 Å². The first kappa shape index (κ1) is 13.2. The van der Waals surface area contributed by atoms with Crippen molar-refractivity contribution in [3.63, 3.8) is 0 Å². The standard InChI is InChI=1S/C16H14O5/c1-20-15-13(19)6-9-4-3-8-5-11(17)12(18)7-10(8)14(9)16(15)21-2/h3-7,17-19H,1-2H3. The highest BCUT2D eigenvalue weighted by molar-refractivity contribution is 6.13. The van der Waals surface area contributed by atoms with Gasteiger partial charge in [0.25, 0.3) is 0 Å². The van der Waals surface area contributed by atoms with Crippen LogP contribution in [0.25, 0.3) is 21.5 Å². The molecule has 108 valence electrons. The van der Waals surface area contributed by atoms with Gasteiger partial charge in [0.1, 0.15) is 0 Å². The van der Waals surface area contributed by atoms with E-state index < -0.39 is 0 Å². The molecule has 0 bridgehead atoms. The van der Waals surface area contributed by atoms with Crippen LogP contribution in [0.1, 0.15) is 0 Å². The molecule has 3 N–H and O–H groups in total. The summed E-state index contributed by atoms with van der Waals surface area (Å²) in [6.07, 6.45) is 0. The lowest BCUT2D eigenvalue weighted by Gasteiger charge is -2.14. The summed E-state index contributed by atoms with van der Waals surface area (Å²) in [4.78, 5) is 0. The molecule has 3 aromatic carbocycles. The summed E-state index contributed by atoms with van der Waals surface area (Å²) in [6.45, 7) is 0. The fourth-order valence-electron chi connectivity index (χ4n) is 2.57. The average Bonchev–Trinajstić information content (AvgIpc) is 2.47. The minimum Gasteiger partial charge on any atom is -0.504 e. The highest BCUT2D eigenvalue weighted by Crippen LogP contribution is 2.46. The molecular weight excluding hydrogens is 272 g/mol. The van der Waals surface area contributed by atoms with Gasteiger partial charge in [-0.15, -0.1) is 0 Å². The smallest absolute Gasteiger partial charge is 0.203 e. The van der Waals surface area contributed by atoms with Crippen molar-refractivity contribution in [2.24, 2.45) is 0 Å². The van der Waals surface area contributed by atoms with Gasteiger partial charge in [-0.3, -0.25) is 0 Å². The number of benzene rings is 3. The number of phenols is 3. The van der Waals surface area contributed by atoms with E-state index in [0.717, 1.165) is 10.8 Å². The summed E-state index contributed by atoms with van der Waals surface area (Å²) in [5.41, 5.74) is 0. The second-order valence-corrected chi connectivity index (χ2v) is 4.69. The molecule has 0 aliphatic carbocycles. The minimum absolute atomic E-state index is 0.0239. The second-order valence-electron chi connectivity index (χ2n) is 4.69. The zero-order valence-corrected chi connectivity index (χ0v) is 11.5. The predicted octanol–water partition coefficient (Wildman–Crippen LogP) is 3.13. The quantitative estimate of drug-likeness (QED) is 0.498. The van der Waals surface area contributed by atoms with Crippen LogP contribution in [0.2, 0.25) is 0 Å². The molecule has 21 heavy (non-hydrogen) atoms. The molecule has 3 aromatic rings. The number of aromatic hydroxyl groups is 3. The van der Waals surface area contributed by atoms with Crippen LogP contribution in [-0.4, -0.2) is 29.5 Å². The van der Waals surface area contributed by atoms with Gasteiger partial charge in [-0.2, -0.15) is 0 Å². The van der Waals surface area contributed by atoms with E-state index in [9.17, 15) is 15.3 Å². The van der Waals surface area contributed by atoms with E-state index in [4.69, 9.17) is 9.47 Å². The molecule has 0 unspecified atom stereocenters. The molecule has 5 nitrogen and oxygen atoms in total. The third-order valence-corrected chi connectivity index (χ3v) is 3.51. The average molecular weight is 286 g/mol. The van der Waals surface area contributed by atoms with Crippen LogP contribution >= 0.6 is 0 Å². The lowest BCUT2D eigenvalue weighted by Crippen LogP contribution is -1.93. The zero-order chi connectivity index (χ0) is 15.1. The van der Waals surface area contributed by atoms with Gasteiger partial charge in [0.2, 0.25) is 5.75 Å². The number of hydrogen-bond acceptors (Lipinski definition) is 5. The fraction of sp³-hybridized carbons (Fsp3) is 0.125. The van der Waals surface area contributed by atoms with Crippen LogP contribution in [0.4, 0.5) is 0 Å². The van der Waals surface area contributed by atoms with E-state index in [1.54, 1.807) is 18.2 Å². The van der Waals surface area contributed by atoms with Crippen molar-refractivity contribution in [3.8, 4) is 28.7 Å². The van der Waals surface area contributed by atoms with E-state index in [-0.39, 0.29) is 23.0 Å². The number of hydrogen-bond donors (Lipinski definition) is 3. The van der Waals surface area contributed by atoms with E-state index in [2.05, 4.69) is 0 Å². The Morgan fingerprint density at radius 2 is 1.29 bits per heavy atom. The van der Waals surface area contributed by atoms with Gasteiger partial charge >= 0.3 is 0 Å². The lowest BCUT2D eigenvalue weighted by atomic mass is 9.99. The summed E-state index contributed by atoms with van der Waals surface area (Å²) >= 11 is 0. The number of methoxy groups -OCH3 is 2. The Morgan fingerprint density at radius 1 is 0.714 bits per heavy atom. The molecular formula is C16H14O5. The third-order valence-electron chi connectivity index (χ3n) is 3.51. The molecule has 0 aromatic heterocycles. The normalized spacial score (nSPS) is 11.0. The fourth-order valence-corrected chi connectivity index (χ4v) is 2.57. The van der Waals surface area contributed by atoms with Crippen LogP contribution in [0.15, 0.2) is 30.3 Å². The molecule has 5 heteroatoms. The van der Waals surface area contributed by atoms with Gasteiger partial charge in [-0.05, 0) is 34.4 Å². The summed E-state index contributed by atoms with van der Waals surface area (Å²) in [7, 11) is 2.92. The van der Waals surface area contributed by atoms with Crippen molar-refractivity contribution in [1.29, 1.82) is 0 Å². The number of fused-ring (bicyclic) bond motifs is 3. The van der Waals surface area contributed by atoms with Crippen molar-refractivity contribution in [2.45, 2.75) is 0 Å². The molecule has 0 fully saturated rings. The maximum atomic E-state index is 10.00. The first-order chi connectivity index (χ1) is 10.1. The Hall–Kier alpha value is -2.82. The second kappa shape index (κ2) is 4.63. The van der Waals surface area contributed by atoms with Crippen molar-refractivity contribution in [2.75, 3.05) is 14.2 Å². The molecule has 0 radical (unpaired) electrons. The molecule has 0 saturated carbocycles. The molecule has 0 heterocycles. The van der Waals surface area contributed by atoms with E-state index >= 15 is 0 Å². The van der Waals surface area contributed by atoms with E-state index in [1.165, 1.54) is 26.4 Å². The summed E-state index contributed by atoms with van der Waals surface area (Å²) in [5, 5.41) is 32.2. The van der Waals surface area contributed by atoms with E-state index in [1.807, 2.05) is 0 Å². The van der Waals surface area contributed by atoms with E-state index in [0.29, 0.717) is 16.5 Å². The van der Waals surface area contributed by atoms with Crippen LogP contribution in [0.3, 0.4) is 0 Å². The topological polar surface area (TPSA) is 79.2 Å². The first-order valence-electron chi connectivity index (χ1n) is 6.29. The number of phenolic OH excluding ortho intramolecular Hbond substituents is 3. The molecule has 0 amide bonds. The molecule has 0 spiro atoms. The Balaban J connectivity index is 2.56. The van der Waals surface area contributed by atoms with Crippen LogP contribution < -0.4 is 9.47 Å². The summed E-state index contributed by atoms with van der Waals surface area (Å²) in [6, 6.07) is 8.10. The molecule has 3 rings (SSSR count). The monoisotopic (exact) mass is 286 g/mol. The van der Waals surface area contributed by atoms with Crippen molar-refractivity contribution < 1.29 is 24.8 Å². The van der Waals surface area contributed by atoms with Gasteiger partial charge in [-0.1, -0.05) is 12.1 Å². The Kier molecular flexibility index (Phi) is 2.90. The highest BCUT2D eigenvalue weighted by atomic mass is 16.5. The predicted molar refractivity (Wildman–Crippen MR) is 79.6 cm³/mol. The van der Waals surface area contributed by atoms with Crippen molar-refractivity contribution >= 4 is 21.5 Å². The van der Waals surface area contributed by atoms with Gasteiger partial charge in [0, 0.05) is 5.39 Å². The molecule has 0 aliphatic rings. The molecule has 0 saturated heterocycles. The molecule has 0 atom stereocenters. The van der Waals surface area contributed by atoms with Crippen LogP contribution in [-0.2, 0) is 0 Å². The maximum Gasteiger partial charge on any atom is 0.203 e. The van der Waals surface area contributed by atoms with Gasteiger partial charge in [0.05, 0.1) is 14.2 Å². The Bertz CT molecular complexity index is 855. The first-order valence-corrected chi connectivity index (χ1v) is 6.29. The lowest BCUT2D eigenvalue weighted by molar-refractivity contribution is 0.336. The molecule has 0 aliphatic heterocycles. The van der Waals surface area contributed by atoms with Crippen molar-refractivity contribution in [1.82, 2.24) is 0 Å². The highest BCUT2D eigenvalue weighted by Gasteiger charge is 2.17. The number of ether oxygens (including phenoxy) is 2. The van der Waals surface area contributed by atoms with Crippen LogP contribution in [0.5, 0.6) is 28.7 Å². The SMILES string of the molecule is COc1c(O)cc2ccc3cc(O)c(O)cc3c2c1OC. The zero-order valence-electron chi connectivity index (χ0n) is 11.5.